The number of nitrogens with one attached hydrogen (secondary N) is 1. The summed E-state index contributed by atoms with van der Waals surface area (Å²) in [7, 11) is 0. The molecule has 0 fully saturated rings. The van der Waals surface area contributed by atoms with E-state index in [-0.39, 0.29) is 16.9 Å². The number of benzene rings is 2. The molecule has 0 atom stereocenters. The summed E-state index contributed by atoms with van der Waals surface area (Å²) < 4.78 is 34.6. The normalized spacial score (nSPS) is 10.5. The largest absolute Gasteiger partial charge is 0.452 e. The van der Waals surface area contributed by atoms with Crippen molar-refractivity contribution in [1.29, 1.82) is 0 Å². The minimum absolute atomic E-state index is 0.0328. The molecule has 154 valence electrons. The number of aromatic nitrogens is 4. The van der Waals surface area contributed by atoms with Crippen LogP contribution in [0.2, 0.25) is 0 Å². The first-order valence-electron chi connectivity index (χ1n) is 8.32. The van der Waals surface area contributed by atoms with Crippen molar-refractivity contribution in [3.63, 3.8) is 0 Å². The van der Waals surface area contributed by atoms with E-state index in [9.17, 15) is 23.2 Å². The summed E-state index contributed by atoms with van der Waals surface area (Å²) in [6.45, 7) is -3.69. The monoisotopic (exact) mass is 417 g/mol. The van der Waals surface area contributed by atoms with E-state index in [1.54, 1.807) is 12.1 Å². The number of carbonyl (C=O) groups is 3. The average molecular weight is 417 g/mol. The topological polar surface area (TPSA) is 125 Å². The molecule has 1 N–H and O–H groups in total. The number of ether oxygens (including phenoxy) is 2. The lowest BCUT2D eigenvalue weighted by Gasteiger charge is -2.08. The van der Waals surface area contributed by atoms with Crippen molar-refractivity contribution in [2.75, 3.05) is 6.61 Å². The molecule has 2 amide bonds. The van der Waals surface area contributed by atoms with Crippen molar-refractivity contribution in [3.05, 3.63) is 66.0 Å². The zero-order chi connectivity index (χ0) is 21.5. The average Bonchev–Trinajstić information content (AvgIpc) is 3.27. The Morgan fingerprint density at radius 3 is 2.50 bits per heavy atom. The van der Waals surface area contributed by atoms with Gasteiger partial charge in [-0.3, -0.25) is 14.9 Å². The summed E-state index contributed by atoms with van der Waals surface area (Å²) in [6, 6.07) is 10.9. The van der Waals surface area contributed by atoms with E-state index in [4.69, 9.17) is 4.74 Å². The SMILES string of the molecule is O=C(COC(=O)c1cccc(-n2cnnn2)c1)NC(=O)c1ccc(OC(F)F)cc1. The summed E-state index contributed by atoms with van der Waals surface area (Å²) in [5.74, 6) is -2.58. The standard InChI is InChI=1S/C18H13F2N5O5/c19-18(20)30-14-6-4-11(5-7-14)16(27)22-15(26)9-29-17(28)12-2-1-3-13(8-12)25-10-21-23-24-25/h1-8,10,18H,9H2,(H,22,26,27). The van der Waals surface area contributed by atoms with Crippen LogP contribution in [0.4, 0.5) is 8.78 Å². The molecule has 10 nitrogen and oxygen atoms in total. The van der Waals surface area contributed by atoms with Crippen LogP contribution in [0.25, 0.3) is 5.69 Å². The Bertz CT molecular complexity index is 1040. The summed E-state index contributed by atoms with van der Waals surface area (Å²) in [5.41, 5.74) is 0.690. The Hall–Kier alpha value is -4.22. The number of alkyl halides is 2. The van der Waals surface area contributed by atoms with E-state index in [1.807, 2.05) is 5.32 Å². The van der Waals surface area contributed by atoms with E-state index < -0.39 is 31.0 Å². The third kappa shape index (κ3) is 5.41. The zero-order valence-electron chi connectivity index (χ0n) is 15.1. The van der Waals surface area contributed by atoms with Crippen molar-refractivity contribution in [1.82, 2.24) is 25.5 Å². The highest BCUT2D eigenvalue weighted by Crippen LogP contribution is 2.15. The van der Waals surface area contributed by atoms with Crippen LogP contribution in [-0.4, -0.2) is 51.2 Å². The number of hydrogen-bond acceptors (Lipinski definition) is 8. The lowest BCUT2D eigenvalue weighted by molar-refractivity contribution is -0.123. The summed E-state index contributed by atoms with van der Waals surface area (Å²) >= 11 is 0. The minimum Gasteiger partial charge on any atom is -0.452 e. The molecule has 12 heteroatoms. The van der Waals surface area contributed by atoms with Crippen LogP contribution in [0.5, 0.6) is 5.75 Å². The Morgan fingerprint density at radius 1 is 1.07 bits per heavy atom. The van der Waals surface area contributed by atoms with E-state index in [0.29, 0.717) is 5.69 Å². The van der Waals surface area contributed by atoms with Crippen molar-refractivity contribution < 1.29 is 32.6 Å². The number of rotatable bonds is 7. The number of nitrogens with zero attached hydrogens (tertiary/aromatic N) is 4. The molecule has 0 radical (unpaired) electrons. The summed E-state index contributed by atoms with van der Waals surface area (Å²) in [6.07, 6.45) is 1.34. The predicted molar refractivity (Wildman–Crippen MR) is 95.0 cm³/mol. The van der Waals surface area contributed by atoms with Crippen molar-refractivity contribution in [2.45, 2.75) is 6.61 Å². The molecule has 1 aromatic heterocycles. The maximum Gasteiger partial charge on any atom is 0.387 e. The highest BCUT2D eigenvalue weighted by Gasteiger charge is 2.15. The number of imide groups is 1. The number of tetrazole rings is 1. The molecule has 0 saturated carbocycles. The molecule has 1 heterocycles. The summed E-state index contributed by atoms with van der Waals surface area (Å²) in [4.78, 5) is 36.0. The Kier molecular flexibility index (Phi) is 6.37. The highest BCUT2D eigenvalue weighted by atomic mass is 19.3. The van der Waals surface area contributed by atoms with Crippen LogP contribution < -0.4 is 10.1 Å². The van der Waals surface area contributed by atoms with Gasteiger partial charge < -0.3 is 9.47 Å². The fourth-order valence-electron chi connectivity index (χ4n) is 2.29. The van der Waals surface area contributed by atoms with Gasteiger partial charge in [-0.15, -0.1) is 5.10 Å². The van der Waals surface area contributed by atoms with Crippen LogP contribution >= 0.6 is 0 Å². The van der Waals surface area contributed by atoms with Gasteiger partial charge in [-0.05, 0) is 52.9 Å². The maximum absolute atomic E-state index is 12.1. The molecule has 3 rings (SSSR count). The number of esters is 1. The number of hydrogen-bond donors (Lipinski definition) is 1. The zero-order valence-corrected chi connectivity index (χ0v) is 15.1. The lowest BCUT2D eigenvalue weighted by Crippen LogP contribution is -2.34. The van der Waals surface area contributed by atoms with Gasteiger partial charge in [0.05, 0.1) is 11.3 Å². The molecule has 0 saturated heterocycles. The first kappa shape index (κ1) is 20.5. The summed E-state index contributed by atoms with van der Waals surface area (Å²) in [5, 5.41) is 12.7. The Balaban J connectivity index is 1.52. The van der Waals surface area contributed by atoms with Gasteiger partial charge in [0.1, 0.15) is 12.1 Å². The van der Waals surface area contributed by atoms with Crippen LogP contribution in [0, 0.1) is 0 Å². The third-order valence-corrected chi connectivity index (χ3v) is 3.62. The van der Waals surface area contributed by atoms with Gasteiger partial charge in [0, 0.05) is 5.56 Å². The fraction of sp³-hybridized carbons (Fsp3) is 0.111. The predicted octanol–water partition coefficient (Wildman–Crippen LogP) is 1.38. The first-order valence-corrected chi connectivity index (χ1v) is 8.32. The van der Waals surface area contributed by atoms with Crippen LogP contribution in [0.3, 0.4) is 0 Å². The fourth-order valence-corrected chi connectivity index (χ4v) is 2.29. The second-order valence-corrected chi connectivity index (χ2v) is 5.66. The smallest absolute Gasteiger partial charge is 0.387 e. The van der Waals surface area contributed by atoms with Gasteiger partial charge in [0.25, 0.3) is 11.8 Å². The third-order valence-electron chi connectivity index (χ3n) is 3.62. The molecular formula is C18H13F2N5O5. The van der Waals surface area contributed by atoms with Gasteiger partial charge in [-0.2, -0.15) is 8.78 Å². The molecule has 2 aromatic carbocycles. The molecule has 3 aromatic rings. The van der Waals surface area contributed by atoms with E-state index in [1.165, 1.54) is 35.3 Å². The second kappa shape index (κ2) is 9.32. The van der Waals surface area contributed by atoms with E-state index in [0.717, 1.165) is 12.1 Å². The van der Waals surface area contributed by atoms with Gasteiger partial charge in [0.2, 0.25) is 0 Å². The molecule has 0 aliphatic rings. The number of amides is 2. The maximum atomic E-state index is 12.1. The molecule has 30 heavy (non-hydrogen) atoms. The molecule has 0 aliphatic carbocycles. The van der Waals surface area contributed by atoms with Gasteiger partial charge in [-0.1, -0.05) is 6.07 Å². The van der Waals surface area contributed by atoms with Gasteiger partial charge in [0.15, 0.2) is 6.61 Å². The lowest BCUT2D eigenvalue weighted by atomic mass is 10.2. The van der Waals surface area contributed by atoms with Crippen molar-refractivity contribution in [2.24, 2.45) is 0 Å². The van der Waals surface area contributed by atoms with Gasteiger partial charge in [-0.25, -0.2) is 9.48 Å². The molecule has 0 spiro atoms. The number of carbonyl (C=O) groups excluding carboxylic acids is 3. The number of halogens is 2. The van der Waals surface area contributed by atoms with Crippen LogP contribution in [-0.2, 0) is 9.53 Å². The molecule has 0 aliphatic heterocycles. The quantitative estimate of drug-likeness (QED) is 0.572. The Morgan fingerprint density at radius 2 is 1.83 bits per heavy atom. The second-order valence-electron chi connectivity index (χ2n) is 5.66. The van der Waals surface area contributed by atoms with E-state index >= 15 is 0 Å². The van der Waals surface area contributed by atoms with Crippen molar-refractivity contribution in [3.8, 4) is 11.4 Å². The first-order chi connectivity index (χ1) is 14.4. The van der Waals surface area contributed by atoms with E-state index in [2.05, 4.69) is 20.3 Å². The van der Waals surface area contributed by atoms with Gasteiger partial charge >= 0.3 is 12.6 Å². The minimum atomic E-state index is -2.99. The molecular weight excluding hydrogens is 404 g/mol. The molecule has 0 bridgehead atoms. The van der Waals surface area contributed by atoms with Crippen molar-refractivity contribution >= 4 is 17.8 Å². The highest BCUT2D eigenvalue weighted by molar-refractivity contribution is 6.05. The Labute approximate surface area is 167 Å². The van der Waals surface area contributed by atoms with Crippen LogP contribution in [0.15, 0.2) is 54.9 Å². The molecule has 0 unspecified atom stereocenters. The van der Waals surface area contributed by atoms with Crippen LogP contribution in [0.1, 0.15) is 20.7 Å².